The molecule has 0 amide bonds. The Morgan fingerprint density at radius 2 is 2.05 bits per heavy atom. The van der Waals surface area contributed by atoms with Crippen molar-refractivity contribution in [3.8, 4) is 0 Å². The van der Waals surface area contributed by atoms with Crippen LogP contribution < -0.4 is 11.3 Å². The number of aromatic nitrogens is 2. The quantitative estimate of drug-likeness (QED) is 0.576. The maximum absolute atomic E-state index is 5.80. The highest BCUT2D eigenvalue weighted by atomic mass is 79.9. The van der Waals surface area contributed by atoms with E-state index in [2.05, 4.69) is 74.4 Å². The molecular weight excluding hydrogens is 396 g/mol. The molecule has 0 aliphatic heterocycles. The number of nitrogens with one attached hydrogen (secondary N) is 1. The van der Waals surface area contributed by atoms with Gasteiger partial charge in [-0.1, -0.05) is 33.6 Å². The van der Waals surface area contributed by atoms with Crippen LogP contribution in [0.3, 0.4) is 0 Å². The fraction of sp³-hybridized carbons (Fsp3) is 0.400. The summed E-state index contributed by atoms with van der Waals surface area (Å²) < 4.78 is 4.15. The summed E-state index contributed by atoms with van der Waals surface area (Å²) in [6.45, 7) is 7.02. The molecule has 0 aliphatic rings. The standard InChI is InChI=1S/C15H20Br2N4/c1-4-21-14(15(17)10(3)20-21)8-13(19-18)11-7-9(2)5-6-12(11)16/h5-7,13,19H,4,8,18H2,1-3H3. The highest BCUT2D eigenvalue weighted by Gasteiger charge is 2.20. The number of aryl methyl sites for hydroxylation is 3. The Hall–Kier alpha value is -0.690. The molecule has 0 spiro atoms. The van der Waals surface area contributed by atoms with Crippen LogP contribution >= 0.6 is 31.9 Å². The number of hydrogen-bond acceptors (Lipinski definition) is 3. The topological polar surface area (TPSA) is 55.9 Å². The Morgan fingerprint density at radius 3 is 2.67 bits per heavy atom. The smallest absolute Gasteiger partial charge is 0.0738 e. The predicted octanol–water partition coefficient (Wildman–Crippen LogP) is 3.79. The molecule has 2 rings (SSSR count). The van der Waals surface area contributed by atoms with Crippen LogP contribution in [0.1, 0.15) is 35.5 Å². The van der Waals surface area contributed by atoms with E-state index in [0.717, 1.165) is 38.9 Å². The first kappa shape index (κ1) is 16.7. The monoisotopic (exact) mass is 414 g/mol. The van der Waals surface area contributed by atoms with Crippen LogP contribution in [0, 0.1) is 13.8 Å². The lowest BCUT2D eigenvalue weighted by Gasteiger charge is -2.19. The molecule has 0 aliphatic carbocycles. The summed E-state index contributed by atoms with van der Waals surface area (Å²) in [5.41, 5.74) is 7.47. The van der Waals surface area contributed by atoms with Gasteiger partial charge in [0, 0.05) is 17.4 Å². The van der Waals surface area contributed by atoms with Gasteiger partial charge in [-0.05, 0) is 48.3 Å². The molecule has 3 N–H and O–H groups in total. The van der Waals surface area contributed by atoms with Gasteiger partial charge in [0.1, 0.15) is 0 Å². The van der Waals surface area contributed by atoms with Gasteiger partial charge in [-0.3, -0.25) is 16.0 Å². The molecule has 1 aromatic carbocycles. The van der Waals surface area contributed by atoms with Crippen LogP contribution in [0.2, 0.25) is 0 Å². The van der Waals surface area contributed by atoms with Crippen LogP contribution in [0.15, 0.2) is 27.1 Å². The summed E-state index contributed by atoms with van der Waals surface area (Å²) in [5, 5.41) is 4.54. The number of hydrogen-bond donors (Lipinski definition) is 2. The third-order valence-corrected chi connectivity index (χ3v) is 5.33. The van der Waals surface area contributed by atoms with Crippen LogP contribution in [-0.2, 0) is 13.0 Å². The van der Waals surface area contributed by atoms with Crippen molar-refractivity contribution in [2.45, 2.75) is 39.8 Å². The van der Waals surface area contributed by atoms with E-state index in [1.165, 1.54) is 5.56 Å². The van der Waals surface area contributed by atoms with Gasteiger partial charge in [-0.2, -0.15) is 5.10 Å². The predicted molar refractivity (Wildman–Crippen MR) is 93.0 cm³/mol. The van der Waals surface area contributed by atoms with E-state index < -0.39 is 0 Å². The SMILES string of the molecule is CCn1nc(C)c(Br)c1CC(NN)c1cc(C)ccc1Br. The lowest BCUT2D eigenvalue weighted by molar-refractivity contribution is 0.514. The van der Waals surface area contributed by atoms with Crippen molar-refractivity contribution in [3.05, 3.63) is 49.7 Å². The maximum Gasteiger partial charge on any atom is 0.0738 e. The molecule has 1 heterocycles. The van der Waals surface area contributed by atoms with Crippen LogP contribution in [0.5, 0.6) is 0 Å². The van der Waals surface area contributed by atoms with Gasteiger partial charge in [0.25, 0.3) is 0 Å². The summed E-state index contributed by atoms with van der Waals surface area (Å²) in [6.07, 6.45) is 0.772. The second-order valence-corrected chi connectivity index (χ2v) is 6.76. The first-order valence-corrected chi connectivity index (χ1v) is 8.50. The molecule has 4 nitrogen and oxygen atoms in total. The van der Waals surface area contributed by atoms with Gasteiger partial charge < -0.3 is 0 Å². The molecule has 114 valence electrons. The lowest BCUT2D eigenvalue weighted by Crippen LogP contribution is -2.30. The Bertz CT molecular complexity index is 637. The third kappa shape index (κ3) is 3.56. The molecule has 2 aromatic rings. The molecule has 0 saturated heterocycles. The number of benzene rings is 1. The zero-order chi connectivity index (χ0) is 15.6. The highest BCUT2D eigenvalue weighted by Crippen LogP contribution is 2.30. The summed E-state index contributed by atoms with van der Waals surface area (Å²) in [4.78, 5) is 0. The van der Waals surface area contributed by atoms with Gasteiger partial charge in [-0.25, -0.2) is 0 Å². The summed E-state index contributed by atoms with van der Waals surface area (Å²) in [6, 6.07) is 6.32. The molecule has 1 atom stereocenters. The van der Waals surface area contributed by atoms with E-state index in [9.17, 15) is 0 Å². The first-order valence-electron chi connectivity index (χ1n) is 6.91. The Labute approximate surface area is 142 Å². The molecule has 0 radical (unpaired) electrons. The minimum atomic E-state index is 0.0250. The third-order valence-electron chi connectivity index (χ3n) is 3.58. The maximum atomic E-state index is 5.80. The highest BCUT2D eigenvalue weighted by molar-refractivity contribution is 9.10. The second-order valence-electron chi connectivity index (χ2n) is 5.11. The minimum absolute atomic E-state index is 0.0250. The van der Waals surface area contributed by atoms with Crippen molar-refractivity contribution in [3.63, 3.8) is 0 Å². The van der Waals surface area contributed by atoms with E-state index >= 15 is 0 Å². The number of rotatable bonds is 5. The molecule has 0 saturated carbocycles. The normalized spacial score (nSPS) is 12.7. The van der Waals surface area contributed by atoms with Crippen molar-refractivity contribution in [2.24, 2.45) is 5.84 Å². The average Bonchev–Trinajstić information content (AvgIpc) is 2.74. The average molecular weight is 416 g/mol. The van der Waals surface area contributed by atoms with E-state index in [1.807, 2.05) is 11.6 Å². The van der Waals surface area contributed by atoms with Gasteiger partial charge in [0.15, 0.2) is 0 Å². The molecule has 1 aromatic heterocycles. The zero-order valence-corrected chi connectivity index (χ0v) is 15.6. The van der Waals surface area contributed by atoms with E-state index in [0.29, 0.717) is 0 Å². The molecule has 0 bridgehead atoms. The number of nitrogens with zero attached hydrogens (tertiary/aromatic N) is 2. The molecule has 6 heteroatoms. The Balaban J connectivity index is 2.38. The minimum Gasteiger partial charge on any atom is -0.271 e. The van der Waals surface area contributed by atoms with Crippen molar-refractivity contribution in [1.82, 2.24) is 15.2 Å². The Kier molecular flexibility index (Phi) is 5.60. The molecule has 1 unspecified atom stereocenters. The molecular formula is C15H20Br2N4. The zero-order valence-electron chi connectivity index (χ0n) is 12.5. The number of nitrogens with two attached hydrogens (primary N) is 1. The summed E-state index contributed by atoms with van der Waals surface area (Å²) in [5.74, 6) is 5.80. The Morgan fingerprint density at radius 1 is 1.33 bits per heavy atom. The fourth-order valence-electron chi connectivity index (χ4n) is 2.45. The molecule has 21 heavy (non-hydrogen) atoms. The van der Waals surface area contributed by atoms with Crippen molar-refractivity contribution < 1.29 is 0 Å². The van der Waals surface area contributed by atoms with Gasteiger partial charge in [0.2, 0.25) is 0 Å². The van der Waals surface area contributed by atoms with E-state index in [1.54, 1.807) is 0 Å². The first-order chi connectivity index (χ1) is 9.97. The van der Waals surface area contributed by atoms with Crippen molar-refractivity contribution >= 4 is 31.9 Å². The van der Waals surface area contributed by atoms with E-state index in [-0.39, 0.29) is 6.04 Å². The number of hydrazine groups is 1. The fourth-order valence-corrected chi connectivity index (χ4v) is 3.42. The van der Waals surface area contributed by atoms with Gasteiger partial charge in [-0.15, -0.1) is 0 Å². The lowest BCUT2D eigenvalue weighted by atomic mass is 10.0. The van der Waals surface area contributed by atoms with Crippen molar-refractivity contribution in [1.29, 1.82) is 0 Å². The van der Waals surface area contributed by atoms with Crippen LogP contribution in [0.4, 0.5) is 0 Å². The van der Waals surface area contributed by atoms with Crippen LogP contribution in [-0.4, -0.2) is 9.78 Å². The van der Waals surface area contributed by atoms with E-state index in [4.69, 9.17) is 5.84 Å². The second kappa shape index (κ2) is 7.05. The van der Waals surface area contributed by atoms with Crippen molar-refractivity contribution in [2.75, 3.05) is 0 Å². The summed E-state index contributed by atoms with van der Waals surface area (Å²) >= 11 is 7.26. The molecule has 0 fully saturated rings. The van der Waals surface area contributed by atoms with Gasteiger partial charge >= 0.3 is 0 Å². The van der Waals surface area contributed by atoms with Crippen LogP contribution in [0.25, 0.3) is 0 Å². The largest absolute Gasteiger partial charge is 0.271 e. The van der Waals surface area contributed by atoms with Gasteiger partial charge in [0.05, 0.1) is 21.9 Å². The summed E-state index contributed by atoms with van der Waals surface area (Å²) in [7, 11) is 0. The number of halogens is 2.